The SMILES string of the molecule is CSCc1ccc(C(=O)N(CCN(C)C)CC(=O)O)cc1. The van der Waals surface area contributed by atoms with Crippen molar-refractivity contribution in [2.24, 2.45) is 0 Å². The van der Waals surface area contributed by atoms with Gasteiger partial charge in [-0.05, 0) is 38.0 Å². The van der Waals surface area contributed by atoms with Gasteiger partial charge >= 0.3 is 5.97 Å². The Morgan fingerprint density at radius 3 is 2.24 bits per heavy atom. The summed E-state index contributed by atoms with van der Waals surface area (Å²) < 4.78 is 0. The number of nitrogens with zero attached hydrogens (tertiary/aromatic N) is 2. The summed E-state index contributed by atoms with van der Waals surface area (Å²) in [5, 5.41) is 8.95. The minimum atomic E-state index is -0.999. The fourth-order valence-corrected chi connectivity index (χ4v) is 2.35. The second-order valence-corrected chi connectivity index (χ2v) is 5.92. The molecule has 0 saturated heterocycles. The molecule has 1 amide bonds. The maximum atomic E-state index is 12.4. The second-order valence-electron chi connectivity index (χ2n) is 5.05. The van der Waals surface area contributed by atoms with Gasteiger partial charge in [0.15, 0.2) is 0 Å². The van der Waals surface area contributed by atoms with Crippen molar-refractivity contribution in [3.63, 3.8) is 0 Å². The predicted molar refractivity (Wildman–Crippen MR) is 85.8 cm³/mol. The summed E-state index contributed by atoms with van der Waals surface area (Å²) in [5.41, 5.74) is 1.68. The van der Waals surface area contributed by atoms with Crippen molar-refractivity contribution in [2.45, 2.75) is 5.75 Å². The number of carboxylic acids is 1. The number of carbonyl (C=O) groups is 2. The van der Waals surface area contributed by atoms with Gasteiger partial charge in [0.2, 0.25) is 0 Å². The topological polar surface area (TPSA) is 60.9 Å². The van der Waals surface area contributed by atoms with Crippen LogP contribution >= 0.6 is 11.8 Å². The number of hydrogen-bond donors (Lipinski definition) is 1. The molecule has 0 atom stereocenters. The summed E-state index contributed by atoms with van der Waals surface area (Å²) in [5.74, 6) is -0.343. The molecule has 0 aromatic heterocycles. The smallest absolute Gasteiger partial charge is 0.323 e. The molecule has 5 nitrogen and oxygen atoms in total. The van der Waals surface area contributed by atoms with Gasteiger partial charge in [0.25, 0.3) is 5.91 Å². The number of rotatable bonds is 8. The van der Waals surface area contributed by atoms with E-state index < -0.39 is 5.97 Å². The third-order valence-electron chi connectivity index (χ3n) is 2.94. The number of carbonyl (C=O) groups excluding carboxylic acids is 1. The van der Waals surface area contributed by atoms with E-state index in [0.717, 1.165) is 11.3 Å². The van der Waals surface area contributed by atoms with E-state index in [1.807, 2.05) is 37.4 Å². The van der Waals surface area contributed by atoms with Crippen molar-refractivity contribution in [3.05, 3.63) is 35.4 Å². The molecule has 0 fully saturated rings. The number of hydrogen-bond acceptors (Lipinski definition) is 4. The maximum Gasteiger partial charge on any atom is 0.323 e. The molecule has 21 heavy (non-hydrogen) atoms. The average Bonchev–Trinajstić information content (AvgIpc) is 2.43. The van der Waals surface area contributed by atoms with E-state index in [1.165, 1.54) is 4.90 Å². The van der Waals surface area contributed by atoms with Crippen LogP contribution in [0.2, 0.25) is 0 Å². The molecule has 0 radical (unpaired) electrons. The van der Waals surface area contributed by atoms with E-state index in [2.05, 4.69) is 0 Å². The molecule has 6 heteroatoms. The van der Waals surface area contributed by atoms with Crippen molar-refractivity contribution in [2.75, 3.05) is 40.0 Å². The van der Waals surface area contributed by atoms with Gasteiger partial charge < -0.3 is 14.9 Å². The summed E-state index contributed by atoms with van der Waals surface area (Å²) in [6.45, 7) is 0.744. The van der Waals surface area contributed by atoms with Gasteiger partial charge in [0.1, 0.15) is 6.54 Å². The third kappa shape index (κ3) is 6.18. The van der Waals surface area contributed by atoms with Crippen LogP contribution in [0.15, 0.2) is 24.3 Å². The van der Waals surface area contributed by atoms with Crippen LogP contribution in [0, 0.1) is 0 Å². The summed E-state index contributed by atoms with van der Waals surface area (Å²) in [4.78, 5) is 26.6. The highest BCUT2D eigenvalue weighted by atomic mass is 32.2. The molecule has 0 unspecified atom stereocenters. The fourth-order valence-electron chi connectivity index (χ4n) is 1.83. The molecule has 0 heterocycles. The van der Waals surface area contributed by atoms with E-state index in [1.54, 1.807) is 23.9 Å². The van der Waals surface area contributed by atoms with Crippen molar-refractivity contribution < 1.29 is 14.7 Å². The van der Waals surface area contributed by atoms with E-state index in [9.17, 15) is 9.59 Å². The molecule has 0 aliphatic heterocycles. The molecule has 1 N–H and O–H groups in total. The first-order valence-electron chi connectivity index (χ1n) is 6.67. The van der Waals surface area contributed by atoms with E-state index in [0.29, 0.717) is 18.7 Å². The second kappa shape index (κ2) is 8.69. The number of amides is 1. The first kappa shape index (κ1) is 17.5. The Labute approximate surface area is 129 Å². The molecule has 1 aromatic rings. The standard InChI is InChI=1S/C15H22N2O3S/c1-16(2)8-9-17(10-14(18)19)15(20)13-6-4-12(5-7-13)11-21-3/h4-7H,8-11H2,1-3H3,(H,18,19). The number of thioether (sulfide) groups is 1. The lowest BCUT2D eigenvalue weighted by Gasteiger charge is -2.22. The highest BCUT2D eigenvalue weighted by Gasteiger charge is 2.18. The lowest BCUT2D eigenvalue weighted by atomic mass is 10.1. The Hall–Kier alpha value is -1.53. The summed E-state index contributed by atoms with van der Waals surface area (Å²) >= 11 is 1.72. The van der Waals surface area contributed by atoms with Gasteiger partial charge in [-0.1, -0.05) is 12.1 Å². The third-order valence-corrected chi connectivity index (χ3v) is 3.56. The Morgan fingerprint density at radius 1 is 1.14 bits per heavy atom. The fraction of sp³-hybridized carbons (Fsp3) is 0.467. The number of carboxylic acid groups (broad SMARTS) is 1. The Kier molecular flexibility index (Phi) is 7.25. The minimum absolute atomic E-state index is 0.241. The molecule has 0 aliphatic rings. The van der Waals surface area contributed by atoms with Crippen molar-refractivity contribution in [1.29, 1.82) is 0 Å². The molecular formula is C15H22N2O3S. The van der Waals surface area contributed by atoms with Gasteiger partial charge in [0.05, 0.1) is 0 Å². The van der Waals surface area contributed by atoms with E-state index in [4.69, 9.17) is 5.11 Å². The average molecular weight is 310 g/mol. The van der Waals surface area contributed by atoms with Gasteiger partial charge in [-0.25, -0.2) is 0 Å². The Bertz CT molecular complexity index is 474. The van der Waals surface area contributed by atoms with Crippen molar-refractivity contribution in [1.82, 2.24) is 9.80 Å². The molecule has 0 aliphatic carbocycles. The number of benzene rings is 1. The summed E-state index contributed by atoms with van der Waals surface area (Å²) in [7, 11) is 3.78. The molecule has 1 rings (SSSR count). The van der Waals surface area contributed by atoms with Crippen LogP contribution in [0.4, 0.5) is 0 Å². The molecule has 0 spiro atoms. The highest BCUT2D eigenvalue weighted by molar-refractivity contribution is 7.97. The van der Waals surface area contributed by atoms with Crippen LogP contribution in [-0.4, -0.2) is 66.8 Å². The zero-order chi connectivity index (χ0) is 15.8. The zero-order valence-corrected chi connectivity index (χ0v) is 13.5. The minimum Gasteiger partial charge on any atom is -0.480 e. The van der Waals surface area contributed by atoms with Crippen LogP contribution in [0.5, 0.6) is 0 Å². The lowest BCUT2D eigenvalue weighted by Crippen LogP contribution is -2.40. The number of aliphatic carboxylic acids is 1. The van der Waals surface area contributed by atoms with E-state index in [-0.39, 0.29) is 12.5 Å². The Balaban J connectivity index is 2.80. The normalized spacial score (nSPS) is 10.7. The van der Waals surface area contributed by atoms with Crippen LogP contribution in [0.1, 0.15) is 15.9 Å². The molecule has 116 valence electrons. The Morgan fingerprint density at radius 2 is 1.76 bits per heavy atom. The zero-order valence-electron chi connectivity index (χ0n) is 12.7. The van der Waals surface area contributed by atoms with Crippen LogP contribution < -0.4 is 0 Å². The molecular weight excluding hydrogens is 288 g/mol. The first-order valence-corrected chi connectivity index (χ1v) is 8.07. The number of likely N-dealkylation sites (N-methyl/N-ethyl adjacent to an activating group) is 1. The molecule has 0 bridgehead atoms. The van der Waals surface area contributed by atoms with Gasteiger partial charge in [-0.3, -0.25) is 9.59 Å². The quantitative estimate of drug-likeness (QED) is 0.791. The predicted octanol–water partition coefficient (Wildman–Crippen LogP) is 1.64. The van der Waals surface area contributed by atoms with Gasteiger partial charge in [0, 0.05) is 24.4 Å². The van der Waals surface area contributed by atoms with Gasteiger partial charge in [-0.15, -0.1) is 0 Å². The van der Waals surface area contributed by atoms with Crippen LogP contribution in [0.3, 0.4) is 0 Å². The summed E-state index contributed by atoms with van der Waals surface area (Å²) in [6, 6.07) is 7.35. The monoisotopic (exact) mass is 310 g/mol. The van der Waals surface area contributed by atoms with Crippen LogP contribution in [0.25, 0.3) is 0 Å². The van der Waals surface area contributed by atoms with Crippen LogP contribution in [-0.2, 0) is 10.5 Å². The maximum absolute atomic E-state index is 12.4. The summed E-state index contributed by atoms with van der Waals surface area (Å²) in [6.07, 6.45) is 2.02. The van der Waals surface area contributed by atoms with Crippen molar-refractivity contribution in [3.8, 4) is 0 Å². The molecule has 0 saturated carbocycles. The lowest BCUT2D eigenvalue weighted by molar-refractivity contribution is -0.137. The van der Waals surface area contributed by atoms with E-state index >= 15 is 0 Å². The van der Waals surface area contributed by atoms with Crippen molar-refractivity contribution >= 4 is 23.6 Å². The molecule has 1 aromatic carbocycles. The largest absolute Gasteiger partial charge is 0.480 e. The first-order chi connectivity index (χ1) is 9.93. The highest BCUT2D eigenvalue weighted by Crippen LogP contribution is 2.12. The van der Waals surface area contributed by atoms with Gasteiger partial charge in [-0.2, -0.15) is 11.8 Å².